The Balaban J connectivity index is 2.25. The zero-order valence-electron chi connectivity index (χ0n) is 13.3. The second kappa shape index (κ2) is 6.41. The normalized spacial score (nSPS) is 12.7. The van der Waals surface area contributed by atoms with E-state index in [-0.39, 0.29) is 28.3 Å². The number of nitrogens with one attached hydrogen (secondary N) is 1. The third kappa shape index (κ3) is 3.70. The molecular formula is C15H18N2O5S. The molecule has 1 atom stereocenters. The van der Waals surface area contributed by atoms with Crippen LogP contribution in [0, 0.1) is 6.92 Å². The molecule has 124 valence electrons. The van der Waals surface area contributed by atoms with Crippen LogP contribution >= 0.6 is 0 Å². The molecule has 0 aliphatic heterocycles. The van der Waals surface area contributed by atoms with Crippen molar-refractivity contribution in [3.05, 3.63) is 41.6 Å². The number of rotatable bonds is 5. The summed E-state index contributed by atoms with van der Waals surface area (Å²) in [6.07, 6.45) is 2.32. The van der Waals surface area contributed by atoms with Crippen molar-refractivity contribution in [3.63, 3.8) is 0 Å². The monoisotopic (exact) mass is 338 g/mol. The number of ether oxygens (including phenoxy) is 1. The highest BCUT2D eigenvalue weighted by molar-refractivity contribution is 7.90. The van der Waals surface area contributed by atoms with Gasteiger partial charge in [0.15, 0.2) is 21.9 Å². The van der Waals surface area contributed by atoms with Gasteiger partial charge in [-0.3, -0.25) is 4.79 Å². The van der Waals surface area contributed by atoms with Crippen LogP contribution < -0.4 is 10.1 Å². The first-order valence-electron chi connectivity index (χ1n) is 6.83. The van der Waals surface area contributed by atoms with Crippen LogP contribution in [-0.2, 0) is 9.84 Å². The van der Waals surface area contributed by atoms with Crippen molar-refractivity contribution >= 4 is 15.7 Å². The van der Waals surface area contributed by atoms with Gasteiger partial charge in [-0.1, -0.05) is 6.07 Å². The van der Waals surface area contributed by atoms with Gasteiger partial charge in [-0.15, -0.1) is 0 Å². The smallest absolute Gasteiger partial charge is 0.273 e. The lowest BCUT2D eigenvalue weighted by Gasteiger charge is -2.16. The summed E-state index contributed by atoms with van der Waals surface area (Å²) in [5, 5.41) is 2.78. The second-order valence-corrected chi connectivity index (χ2v) is 7.12. The lowest BCUT2D eigenvalue weighted by Crippen LogP contribution is -2.27. The van der Waals surface area contributed by atoms with E-state index in [0.717, 1.165) is 6.26 Å². The number of amides is 1. The summed E-state index contributed by atoms with van der Waals surface area (Å²) in [5.41, 5.74) is 0.931. The Labute approximate surface area is 134 Å². The molecule has 0 aliphatic rings. The van der Waals surface area contributed by atoms with E-state index in [9.17, 15) is 13.2 Å². The van der Waals surface area contributed by atoms with E-state index in [0.29, 0.717) is 11.3 Å². The average Bonchev–Trinajstić information content (AvgIpc) is 2.91. The number of benzene rings is 1. The standard InChI is InChI=1S/C15H18N2O5S/c1-9(17-15(18)14-10(2)22-8-16-14)11-5-6-13(23(4,19)20)12(7-11)21-3/h5-9H,1-4H3,(H,17,18). The molecule has 1 N–H and O–H groups in total. The maximum Gasteiger partial charge on any atom is 0.273 e. The minimum Gasteiger partial charge on any atom is -0.495 e. The Hall–Kier alpha value is -2.35. The quantitative estimate of drug-likeness (QED) is 0.894. The molecule has 1 amide bonds. The van der Waals surface area contributed by atoms with E-state index in [1.807, 2.05) is 0 Å². The van der Waals surface area contributed by atoms with E-state index in [1.54, 1.807) is 26.0 Å². The number of oxazole rings is 1. The van der Waals surface area contributed by atoms with Gasteiger partial charge in [0.2, 0.25) is 0 Å². The largest absolute Gasteiger partial charge is 0.495 e. The third-order valence-corrected chi connectivity index (χ3v) is 4.53. The predicted molar refractivity (Wildman–Crippen MR) is 83.2 cm³/mol. The Kier molecular flexibility index (Phi) is 4.74. The molecular weight excluding hydrogens is 320 g/mol. The highest BCUT2D eigenvalue weighted by Gasteiger charge is 2.19. The van der Waals surface area contributed by atoms with E-state index < -0.39 is 9.84 Å². The number of methoxy groups -OCH3 is 1. The molecule has 0 radical (unpaired) electrons. The first kappa shape index (κ1) is 17.0. The van der Waals surface area contributed by atoms with E-state index in [4.69, 9.17) is 9.15 Å². The second-order valence-electron chi connectivity index (χ2n) is 5.13. The number of hydrogen-bond donors (Lipinski definition) is 1. The molecule has 1 heterocycles. The van der Waals surface area contributed by atoms with Crippen molar-refractivity contribution in [1.29, 1.82) is 0 Å². The van der Waals surface area contributed by atoms with Gasteiger partial charge < -0.3 is 14.5 Å². The number of carbonyl (C=O) groups is 1. The summed E-state index contributed by atoms with van der Waals surface area (Å²) in [4.78, 5) is 16.1. The molecule has 0 spiro atoms. The van der Waals surface area contributed by atoms with Gasteiger partial charge in [-0.25, -0.2) is 13.4 Å². The zero-order valence-corrected chi connectivity index (χ0v) is 14.1. The van der Waals surface area contributed by atoms with Crippen LogP contribution in [0.15, 0.2) is 33.9 Å². The lowest BCUT2D eigenvalue weighted by atomic mass is 10.1. The van der Waals surface area contributed by atoms with Crippen LogP contribution in [0.3, 0.4) is 0 Å². The molecule has 23 heavy (non-hydrogen) atoms. The number of sulfone groups is 1. The Bertz CT molecular complexity index is 826. The number of aromatic nitrogens is 1. The van der Waals surface area contributed by atoms with Crippen LogP contribution in [0.5, 0.6) is 5.75 Å². The number of carbonyl (C=O) groups excluding carboxylic acids is 1. The third-order valence-electron chi connectivity index (χ3n) is 3.39. The molecule has 0 bridgehead atoms. The first-order chi connectivity index (χ1) is 10.7. The molecule has 1 aromatic heterocycles. The van der Waals surface area contributed by atoms with Crippen molar-refractivity contribution in [2.24, 2.45) is 0 Å². The van der Waals surface area contributed by atoms with Crippen molar-refractivity contribution in [1.82, 2.24) is 10.3 Å². The Morgan fingerprint density at radius 1 is 1.39 bits per heavy atom. The maximum absolute atomic E-state index is 12.1. The van der Waals surface area contributed by atoms with Gasteiger partial charge in [-0.05, 0) is 31.5 Å². The molecule has 1 unspecified atom stereocenters. The van der Waals surface area contributed by atoms with E-state index >= 15 is 0 Å². The molecule has 2 aromatic rings. The fourth-order valence-corrected chi connectivity index (χ4v) is 2.95. The van der Waals surface area contributed by atoms with Crippen LogP contribution in [0.2, 0.25) is 0 Å². The van der Waals surface area contributed by atoms with Gasteiger partial charge in [0.05, 0.1) is 13.2 Å². The molecule has 1 aromatic carbocycles. The minimum atomic E-state index is -3.39. The fourth-order valence-electron chi connectivity index (χ4n) is 2.13. The highest BCUT2D eigenvalue weighted by Crippen LogP contribution is 2.27. The van der Waals surface area contributed by atoms with Gasteiger partial charge in [-0.2, -0.15) is 0 Å². The first-order valence-corrected chi connectivity index (χ1v) is 8.72. The average molecular weight is 338 g/mol. The number of hydrogen-bond acceptors (Lipinski definition) is 6. The predicted octanol–water partition coefficient (Wildman–Crippen LogP) is 1.89. The van der Waals surface area contributed by atoms with Crippen LogP contribution in [0.4, 0.5) is 0 Å². The molecule has 8 heteroatoms. The van der Waals surface area contributed by atoms with Crippen LogP contribution in [0.1, 0.15) is 34.8 Å². The molecule has 0 aliphatic carbocycles. The summed E-state index contributed by atoms with van der Waals surface area (Å²) < 4.78 is 33.5. The van der Waals surface area contributed by atoms with E-state index in [2.05, 4.69) is 10.3 Å². The van der Waals surface area contributed by atoms with Crippen molar-refractivity contribution in [2.75, 3.05) is 13.4 Å². The van der Waals surface area contributed by atoms with Crippen molar-refractivity contribution in [2.45, 2.75) is 24.8 Å². The van der Waals surface area contributed by atoms with Crippen molar-refractivity contribution < 1.29 is 22.4 Å². The van der Waals surface area contributed by atoms with Gasteiger partial charge in [0, 0.05) is 6.26 Å². The summed E-state index contributed by atoms with van der Waals surface area (Å²) in [5.74, 6) is 0.304. The van der Waals surface area contributed by atoms with Crippen LogP contribution in [0.25, 0.3) is 0 Å². The van der Waals surface area contributed by atoms with Crippen molar-refractivity contribution in [3.8, 4) is 5.75 Å². The summed E-state index contributed by atoms with van der Waals surface area (Å²) in [6, 6.07) is 4.34. The summed E-state index contributed by atoms with van der Waals surface area (Å²) >= 11 is 0. The van der Waals surface area contributed by atoms with Gasteiger partial charge in [0.25, 0.3) is 5.91 Å². The summed E-state index contributed by atoms with van der Waals surface area (Å²) in [7, 11) is -1.99. The highest BCUT2D eigenvalue weighted by atomic mass is 32.2. The van der Waals surface area contributed by atoms with E-state index in [1.165, 1.54) is 19.6 Å². The SMILES string of the molecule is COc1cc(C(C)NC(=O)c2ncoc2C)ccc1S(C)(=O)=O. The fraction of sp³-hybridized carbons (Fsp3) is 0.333. The summed E-state index contributed by atoms with van der Waals surface area (Å²) in [6.45, 7) is 3.43. The number of nitrogens with zero attached hydrogens (tertiary/aromatic N) is 1. The van der Waals surface area contributed by atoms with Gasteiger partial charge in [0.1, 0.15) is 16.4 Å². The molecule has 0 saturated carbocycles. The zero-order chi connectivity index (χ0) is 17.2. The van der Waals surface area contributed by atoms with Crippen LogP contribution in [-0.4, -0.2) is 32.7 Å². The molecule has 2 rings (SSSR count). The Morgan fingerprint density at radius 2 is 2.09 bits per heavy atom. The molecule has 0 fully saturated rings. The lowest BCUT2D eigenvalue weighted by molar-refractivity contribution is 0.0934. The van der Waals surface area contributed by atoms with Gasteiger partial charge >= 0.3 is 0 Å². The topological polar surface area (TPSA) is 98.5 Å². The number of aryl methyl sites for hydroxylation is 1. The Morgan fingerprint density at radius 3 is 2.61 bits per heavy atom. The molecule has 0 saturated heterocycles. The molecule has 7 nitrogen and oxygen atoms in total. The maximum atomic E-state index is 12.1. The minimum absolute atomic E-state index is 0.106.